The Labute approximate surface area is 129 Å². The molecule has 0 radical (unpaired) electrons. The highest BCUT2D eigenvalue weighted by molar-refractivity contribution is 5.48. The first kappa shape index (κ1) is 16.1. The Balaban J connectivity index is 2.02. The molecule has 1 aliphatic rings. The minimum Gasteiger partial charge on any atom is -0.464 e. The molecule has 0 bridgehead atoms. The van der Waals surface area contributed by atoms with Crippen molar-refractivity contribution in [2.75, 3.05) is 0 Å². The predicted molar refractivity (Wildman–Crippen MR) is 88.4 cm³/mol. The molecule has 2 rings (SSSR count). The molecular weight excluding hydrogens is 260 g/mol. The van der Waals surface area contributed by atoms with Crippen LogP contribution in [0.1, 0.15) is 58.4 Å². The van der Waals surface area contributed by atoms with Crippen LogP contribution in [0.3, 0.4) is 0 Å². The third-order valence-corrected chi connectivity index (χ3v) is 3.93. The first-order chi connectivity index (χ1) is 9.99. The van der Waals surface area contributed by atoms with E-state index in [9.17, 15) is 0 Å². The number of rotatable bonds is 5. The fourth-order valence-corrected chi connectivity index (χ4v) is 2.59. The smallest absolute Gasteiger partial charge is 0.204 e. The zero-order valence-electron chi connectivity index (χ0n) is 13.6. The highest BCUT2D eigenvalue weighted by Gasteiger charge is 2.30. The van der Waals surface area contributed by atoms with Crippen molar-refractivity contribution in [2.45, 2.75) is 65.3 Å². The highest BCUT2D eigenvalue weighted by Crippen LogP contribution is 2.30. The number of benzene rings is 1. The average molecular weight is 288 g/mol. The summed E-state index contributed by atoms with van der Waals surface area (Å²) < 4.78 is 12.4. The Morgan fingerprint density at radius 1 is 1.10 bits per heavy atom. The molecule has 0 heterocycles. The molecule has 2 heteroatoms. The number of ether oxygens (including phenoxy) is 2. The normalized spacial score (nSPS) is 18.2. The molecule has 2 nitrogen and oxygen atoms in total. The van der Waals surface area contributed by atoms with E-state index >= 15 is 0 Å². The number of hydrogen-bond donors (Lipinski definition) is 0. The fraction of sp³-hybridized carbons (Fsp3) is 0.579. The maximum Gasteiger partial charge on any atom is 0.204 e. The molecule has 1 aromatic carbocycles. The van der Waals surface area contributed by atoms with Gasteiger partial charge in [-0.05, 0) is 30.5 Å². The van der Waals surface area contributed by atoms with E-state index < -0.39 is 0 Å². The quantitative estimate of drug-likeness (QED) is 0.673. The van der Waals surface area contributed by atoms with Gasteiger partial charge in [0.1, 0.15) is 5.75 Å². The Hall–Kier alpha value is -1.28. The van der Waals surface area contributed by atoms with E-state index in [1.54, 1.807) is 0 Å². The maximum atomic E-state index is 6.27. The average Bonchev–Trinajstić information content (AvgIpc) is 2.47. The van der Waals surface area contributed by atoms with Gasteiger partial charge in [0.25, 0.3) is 0 Å². The van der Waals surface area contributed by atoms with Gasteiger partial charge in [0.2, 0.25) is 6.29 Å². The van der Waals surface area contributed by atoms with E-state index in [1.807, 2.05) is 30.3 Å². The summed E-state index contributed by atoms with van der Waals surface area (Å²) in [6, 6.07) is 8.01. The summed E-state index contributed by atoms with van der Waals surface area (Å²) in [5.41, 5.74) is 1.05. The summed E-state index contributed by atoms with van der Waals surface area (Å²) in [6.07, 6.45) is 8.17. The molecule has 21 heavy (non-hydrogen) atoms. The van der Waals surface area contributed by atoms with Gasteiger partial charge < -0.3 is 9.47 Å². The molecule has 0 amide bonds. The molecule has 0 saturated heterocycles. The highest BCUT2D eigenvalue weighted by atomic mass is 16.7. The lowest BCUT2D eigenvalue weighted by Gasteiger charge is -2.35. The zero-order valence-corrected chi connectivity index (χ0v) is 13.6. The molecule has 1 saturated carbocycles. The second-order valence-electron chi connectivity index (χ2n) is 6.99. The summed E-state index contributed by atoms with van der Waals surface area (Å²) >= 11 is 0. The van der Waals surface area contributed by atoms with Crippen molar-refractivity contribution in [3.8, 4) is 5.75 Å². The summed E-state index contributed by atoms with van der Waals surface area (Å²) in [4.78, 5) is 0. The minimum absolute atomic E-state index is 0.0471. The molecule has 1 aliphatic carbocycles. The maximum absolute atomic E-state index is 6.27. The van der Waals surface area contributed by atoms with E-state index in [4.69, 9.17) is 9.47 Å². The Kier molecular flexibility index (Phi) is 5.46. The van der Waals surface area contributed by atoms with E-state index in [0.29, 0.717) is 6.10 Å². The van der Waals surface area contributed by atoms with E-state index in [-0.39, 0.29) is 11.7 Å². The Morgan fingerprint density at radius 2 is 1.71 bits per heavy atom. The molecule has 1 aromatic rings. The summed E-state index contributed by atoms with van der Waals surface area (Å²) in [5.74, 6) is 0.858. The van der Waals surface area contributed by atoms with E-state index in [2.05, 4.69) is 27.4 Å². The van der Waals surface area contributed by atoms with Gasteiger partial charge in [-0.2, -0.15) is 0 Å². The van der Waals surface area contributed by atoms with Crippen molar-refractivity contribution >= 4 is 6.08 Å². The lowest BCUT2D eigenvalue weighted by atomic mass is 9.94. The van der Waals surface area contributed by atoms with Gasteiger partial charge in [-0.15, -0.1) is 0 Å². The van der Waals surface area contributed by atoms with Crippen LogP contribution in [-0.4, -0.2) is 12.4 Å². The summed E-state index contributed by atoms with van der Waals surface area (Å²) in [5, 5.41) is 0. The van der Waals surface area contributed by atoms with Crippen LogP contribution in [0.15, 0.2) is 30.8 Å². The van der Waals surface area contributed by atoms with Crippen molar-refractivity contribution in [1.82, 2.24) is 0 Å². The van der Waals surface area contributed by atoms with Gasteiger partial charge in [-0.3, -0.25) is 0 Å². The van der Waals surface area contributed by atoms with Gasteiger partial charge in [-0.1, -0.05) is 64.8 Å². The van der Waals surface area contributed by atoms with Gasteiger partial charge >= 0.3 is 0 Å². The molecule has 1 atom stereocenters. The van der Waals surface area contributed by atoms with Crippen LogP contribution in [-0.2, 0) is 4.74 Å². The predicted octanol–water partition coefficient (Wildman–Crippen LogP) is 5.43. The molecule has 0 spiro atoms. The lowest BCUT2D eigenvalue weighted by Crippen LogP contribution is -2.38. The Bertz CT molecular complexity index is 436. The minimum atomic E-state index is -0.213. The van der Waals surface area contributed by atoms with E-state index in [0.717, 1.165) is 24.2 Å². The monoisotopic (exact) mass is 288 g/mol. The number of hydrogen-bond acceptors (Lipinski definition) is 2. The lowest BCUT2D eigenvalue weighted by molar-refractivity contribution is -0.177. The third-order valence-electron chi connectivity index (χ3n) is 3.93. The molecule has 0 N–H and O–H groups in total. The van der Waals surface area contributed by atoms with Crippen LogP contribution < -0.4 is 4.74 Å². The SMILES string of the molecule is C=Cc1ccc(OC(OC2CCCCC2)C(C)(C)C)cc1. The van der Waals surface area contributed by atoms with Gasteiger partial charge in [0.05, 0.1) is 6.10 Å². The first-order valence-corrected chi connectivity index (χ1v) is 8.03. The van der Waals surface area contributed by atoms with Crippen molar-refractivity contribution in [3.63, 3.8) is 0 Å². The molecular formula is C19H28O2. The van der Waals surface area contributed by atoms with Crippen LogP contribution in [0.5, 0.6) is 5.75 Å². The van der Waals surface area contributed by atoms with Crippen molar-refractivity contribution in [3.05, 3.63) is 36.4 Å². The van der Waals surface area contributed by atoms with Gasteiger partial charge in [-0.25, -0.2) is 0 Å². The van der Waals surface area contributed by atoms with Gasteiger partial charge in [0, 0.05) is 5.41 Å². The first-order valence-electron chi connectivity index (χ1n) is 8.03. The van der Waals surface area contributed by atoms with Crippen molar-refractivity contribution < 1.29 is 9.47 Å². The second kappa shape index (κ2) is 7.13. The fourth-order valence-electron chi connectivity index (χ4n) is 2.59. The summed E-state index contributed by atoms with van der Waals surface area (Å²) in [7, 11) is 0. The molecule has 1 unspecified atom stereocenters. The summed E-state index contributed by atoms with van der Waals surface area (Å²) in [6.45, 7) is 10.3. The van der Waals surface area contributed by atoms with Crippen LogP contribution >= 0.6 is 0 Å². The largest absolute Gasteiger partial charge is 0.464 e. The van der Waals surface area contributed by atoms with Crippen LogP contribution in [0.2, 0.25) is 0 Å². The van der Waals surface area contributed by atoms with Crippen molar-refractivity contribution in [2.24, 2.45) is 5.41 Å². The molecule has 1 fully saturated rings. The molecule has 116 valence electrons. The van der Waals surface area contributed by atoms with Crippen molar-refractivity contribution in [1.29, 1.82) is 0 Å². The van der Waals surface area contributed by atoms with Crippen LogP contribution in [0, 0.1) is 5.41 Å². The van der Waals surface area contributed by atoms with E-state index in [1.165, 1.54) is 19.3 Å². The van der Waals surface area contributed by atoms with Crippen LogP contribution in [0.25, 0.3) is 6.08 Å². The van der Waals surface area contributed by atoms with Crippen LogP contribution in [0.4, 0.5) is 0 Å². The second-order valence-corrected chi connectivity index (χ2v) is 6.99. The third kappa shape index (κ3) is 4.89. The molecule has 0 aromatic heterocycles. The van der Waals surface area contributed by atoms with Gasteiger partial charge in [0.15, 0.2) is 0 Å². The topological polar surface area (TPSA) is 18.5 Å². The Morgan fingerprint density at radius 3 is 2.24 bits per heavy atom. The standard InChI is InChI=1S/C19H28O2/c1-5-15-11-13-17(14-12-15)21-18(19(2,3)4)20-16-9-7-6-8-10-16/h5,11-14,16,18H,1,6-10H2,2-4H3. The molecule has 0 aliphatic heterocycles. The zero-order chi connectivity index (χ0) is 15.3.